The van der Waals surface area contributed by atoms with Gasteiger partial charge in [-0.2, -0.15) is 18.3 Å². The highest BCUT2D eigenvalue weighted by atomic mass is 32.2. The molecule has 0 aliphatic heterocycles. The topological polar surface area (TPSA) is 126 Å². The van der Waals surface area contributed by atoms with Crippen molar-refractivity contribution in [2.45, 2.75) is 43.9 Å². The molecule has 1 amide bonds. The van der Waals surface area contributed by atoms with Crippen molar-refractivity contribution in [3.63, 3.8) is 0 Å². The predicted molar refractivity (Wildman–Crippen MR) is 119 cm³/mol. The van der Waals surface area contributed by atoms with Crippen LogP contribution in [0, 0.1) is 11.6 Å². The van der Waals surface area contributed by atoms with Crippen LogP contribution in [0.15, 0.2) is 35.5 Å². The lowest BCUT2D eigenvalue weighted by atomic mass is 9.97. The van der Waals surface area contributed by atoms with Crippen molar-refractivity contribution in [3.8, 4) is 11.1 Å². The third-order valence-electron chi connectivity index (χ3n) is 4.79. The van der Waals surface area contributed by atoms with Crippen molar-refractivity contribution in [1.29, 1.82) is 0 Å². The number of hydrogen-bond acceptors (Lipinski definition) is 6. The number of primary amides is 1. The van der Waals surface area contributed by atoms with Gasteiger partial charge in [0.1, 0.15) is 5.82 Å². The van der Waals surface area contributed by atoms with Gasteiger partial charge in [-0.3, -0.25) is 14.6 Å². The molecule has 3 aromatic rings. The van der Waals surface area contributed by atoms with Gasteiger partial charge >= 0.3 is 6.18 Å². The van der Waals surface area contributed by atoms with Crippen molar-refractivity contribution < 1.29 is 26.7 Å². The van der Waals surface area contributed by atoms with Crippen molar-refractivity contribution >= 4 is 24.0 Å². The van der Waals surface area contributed by atoms with Gasteiger partial charge in [0.05, 0.1) is 6.20 Å². The number of aromatic nitrogens is 3. The molecule has 4 rings (SSSR count). The Hall–Kier alpha value is -3.19. The average molecular weight is 503 g/mol. The first-order valence-corrected chi connectivity index (χ1v) is 10.8. The van der Waals surface area contributed by atoms with Gasteiger partial charge in [0.15, 0.2) is 16.5 Å². The second-order valence-corrected chi connectivity index (χ2v) is 7.55. The molecule has 184 valence electrons. The molecule has 0 atom stereocenters. The third kappa shape index (κ3) is 6.44. The summed E-state index contributed by atoms with van der Waals surface area (Å²) in [5, 5.41) is 9.20. The number of benzene rings is 1. The fourth-order valence-corrected chi connectivity index (χ4v) is 3.66. The lowest BCUT2D eigenvalue weighted by Crippen LogP contribution is -2.14. The highest BCUT2D eigenvalue weighted by molar-refractivity contribution is 7.97. The molecule has 7 nitrogen and oxygen atoms in total. The zero-order valence-electron chi connectivity index (χ0n) is 18.1. The second kappa shape index (κ2) is 11.8. The number of halogens is 5. The molecule has 0 saturated heterocycles. The summed E-state index contributed by atoms with van der Waals surface area (Å²) < 4.78 is 66.9. The normalized spacial score (nSPS) is 12.2. The standard InChI is InChI=1S/C15H12F4N2.C5H8FN3S.CH3NO/c16-9-6-4-8(5-7-9)12-13(20)10-2-1-3-11(10)21-14(12)15(17,18)19;1-2-9-3-4(6)5(8-9)10-7;2-1-3/h4-7H,1-3H2,(H2,20,21);3H,2,7H2,1H3;1H,(H2,2,3). The van der Waals surface area contributed by atoms with Crippen LogP contribution < -0.4 is 16.6 Å². The SMILES string of the molecule is CCn1cc(F)c(SN)n1.NC=O.Nc1c2c(nc(C(F)(F)F)c1-c1ccc(F)cc1)CCC2. The average Bonchev–Trinajstić information content (AvgIpc) is 3.41. The molecule has 34 heavy (non-hydrogen) atoms. The minimum Gasteiger partial charge on any atom is -0.398 e. The zero-order valence-corrected chi connectivity index (χ0v) is 18.9. The lowest BCUT2D eigenvalue weighted by molar-refractivity contribution is -0.140. The number of anilines is 1. The number of fused-ring (bicyclic) bond motifs is 1. The molecular formula is C21H23F5N6OS. The van der Waals surface area contributed by atoms with E-state index >= 15 is 0 Å². The number of hydrogen-bond donors (Lipinski definition) is 3. The molecular weight excluding hydrogens is 479 g/mol. The number of nitrogen functional groups attached to an aromatic ring is 1. The van der Waals surface area contributed by atoms with Gasteiger partial charge in [0.2, 0.25) is 6.41 Å². The van der Waals surface area contributed by atoms with Gasteiger partial charge in [0, 0.05) is 23.5 Å². The fourth-order valence-electron chi connectivity index (χ4n) is 3.35. The molecule has 0 saturated carbocycles. The smallest absolute Gasteiger partial charge is 0.398 e. The first-order valence-electron chi connectivity index (χ1n) is 9.96. The van der Waals surface area contributed by atoms with Crippen LogP contribution in [-0.2, 0) is 30.4 Å². The molecule has 13 heteroatoms. The summed E-state index contributed by atoms with van der Waals surface area (Å²) in [6.45, 7) is 2.55. The Balaban J connectivity index is 0.000000263. The summed E-state index contributed by atoms with van der Waals surface area (Å²) in [4.78, 5) is 12.4. The molecule has 0 unspecified atom stereocenters. The van der Waals surface area contributed by atoms with E-state index in [1.807, 2.05) is 6.92 Å². The molecule has 0 bridgehead atoms. The van der Waals surface area contributed by atoms with E-state index in [0.717, 1.165) is 30.5 Å². The van der Waals surface area contributed by atoms with Crippen LogP contribution in [0.1, 0.15) is 30.3 Å². The third-order valence-corrected chi connectivity index (χ3v) is 5.29. The number of nitrogens with zero attached hydrogens (tertiary/aromatic N) is 3. The highest BCUT2D eigenvalue weighted by Gasteiger charge is 2.38. The molecule has 0 fully saturated rings. The van der Waals surface area contributed by atoms with E-state index in [0.29, 0.717) is 30.6 Å². The largest absolute Gasteiger partial charge is 0.434 e. The maximum atomic E-state index is 13.3. The number of carbonyl (C=O) groups excluding carboxylic acids is 1. The Morgan fingerprint density at radius 1 is 1.18 bits per heavy atom. The Morgan fingerprint density at radius 3 is 2.26 bits per heavy atom. The minimum atomic E-state index is -4.60. The fraction of sp³-hybridized carbons (Fsp3) is 0.286. The Bertz CT molecular complexity index is 1120. The summed E-state index contributed by atoms with van der Waals surface area (Å²) in [5.41, 5.74) is 10.4. The summed E-state index contributed by atoms with van der Waals surface area (Å²) in [5.74, 6) is -0.866. The van der Waals surface area contributed by atoms with E-state index < -0.39 is 17.7 Å². The number of rotatable bonds is 3. The molecule has 2 aromatic heterocycles. The number of amides is 1. The predicted octanol–water partition coefficient (Wildman–Crippen LogP) is 4.09. The van der Waals surface area contributed by atoms with Crippen molar-refractivity contribution in [3.05, 3.63) is 59.0 Å². The number of carbonyl (C=O) groups is 1. The maximum absolute atomic E-state index is 13.3. The van der Waals surface area contributed by atoms with Crippen LogP contribution >= 0.6 is 11.9 Å². The summed E-state index contributed by atoms with van der Waals surface area (Å²) in [6, 6.07) is 4.81. The molecule has 1 aliphatic carbocycles. The summed E-state index contributed by atoms with van der Waals surface area (Å²) in [7, 11) is 0. The van der Waals surface area contributed by atoms with Crippen molar-refractivity contribution in [1.82, 2.24) is 14.8 Å². The second-order valence-electron chi connectivity index (χ2n) is 6.92. The molecule has 1 aliphatic rings. The van der Waals surface area contributed by atoms with Crippen molar-refractivity contribution in [2.75, 3.05) is 5.73 Å². The first-order chi connectivity index (χ1) is 16.1. The molecule has 1 aromatic carbocycles. The Kier molecular flexibility index (Phi) is 9.38. The Morgan fingerprint density at radius 2 is 1.79 bits per heavy atom. The van der Waals surface area contributed by atoms with Gasteiger partial charge in [-0.1, -0.05) is 12.1 Å². The van der Waals surface area contributed by atoms with Crippen LogP contribution in [0.25, 0.3) is 11.1 Å². The number of alkyl halides is 3. The van der Waals surface area contributed by atoms with Crippen LogP contribution in [0.5, 0.6) is 0 Å². The van der Waals surface area contributed by atoms with E-state index in [1.165, 1.54) is 23.0 Å². The van der Waals surface area contributed by atoms with Gasteiger partial charge < -0.3 is 11.5 Å². The molecule has 0 radical (unpaired) electrons. The molecule has 6 N–H and O–H groups in total. The highest BCUT2D eigenvalue weighted by Crippen LogP contribution is 2.43. The van der Waals surface area contributed by atoms with Crippen LogP contribution in [-0.4, -0.2) is 21.2 Å². The van der Waals surface area contributed by atoms with E-state index in [1.54, 1.807) is 0 Å². The number of aryl methyl sites for hydroxylation is 2. The van der Waals surface area contributed by atoms with E-state index in [2.05, 4.69) is 15.8 Å². The summed E-state index contributed by atoms with van der Waals surface area (Å²) in [6.07, 6.45) is -1.14. The molecule has 2 heterocycles. The van der Waals surface area contributed by atoms with E-state index in [4.69, 9.17) is 15.7 Å². The quantitative estimate of drug-likeness (QED) is 0.281. The lowest BCUT2D eigenvalue weighted by Gasteiger charge is -2.17. The van der Waals surface area contributed by atoms with E-state index in [9.17, 15) is 22.0 Å². The maximum Gasteiger partial charge on any atom is 0.434 e. The van der Waals surface area contributed by atoms with Gasteiger partial charge in [-0.05, 0) is 61.4 Å². The first kappa shape index (κ1) is 27.1. The van der Waals surface area contributed by atoms with Crippen LogP contribution in [0.2, 0.25) is 0 Å². The number of pyridine rings is 1. The van der Waals surface area contributed by atoms with Gasteiger partial charge in [0.25, 0.3) is 0 Å². The monoisotopic (exact) mass is 502 g/mol. The van der Waals surface area contributed by atoms with Gasteiger partial charge in [-0.15, -0.1) is 0 Å². The van der Waals surface area contributed by atoms with Gasteiger partial charge in [-0.25, -0.2) is 13.8 Å². The zero-order chi connectivity index (χ0) is 25.5. The van der Waals surface area contributed by atoms with Crippen molar-refractivity contribution in [2.24, 2.45) is 10.9 Å². The minimum absolute atomic E-state index is 0.108. The molecule has 0 spiro atoms. The van der Waals surface area contributed by atoms with Crippen LogP contribution in [0.3, 0.4) is 0 Å². The van der Waals surface area contributed by atoms with E-state index in [-0.39, 0.29) is 34.1 Å². The van der Waals surface area contributed by atoms with Crippen LogP contribution in [0.4, 0.5) is 27.6 Å². The summed E-state index contributed by atoms with van der Waals surface area (Å²) >= 11 is 0.825. The number of nitrogens with two attached hydrogens (primary N) is 3. The Labute approximate surface area is 196 Å².